The fourth-order valence-electron chi connectivity index (χ4n) is 1.55. The summed E-state index contributed by atoms with van der Waals surface area (Å²) in [5.41, 5.74) is 1.10. The van der Waals surface area contributed by atoms with E-state index in [0.717, 1.165) is 10.7 Å². The summed E-state index contributed by atoms with van der Waals surface area (Å²) >= 11 is 3.53. The van der Waals surface area contributed by atoms with Gasteiger partial charge >= 0.3 is 0 Å². The van der Waals surface area contributed by atoms with E-state index in [2.05, 4.69) is 40.7 Å². The summed E-state index contributed by atoms with van der Waals surface area (Å²) in [5, 5.41) is 4.54. The van der Waals surface area contributed by atoms with Crippen molar-refractivity contribution in [1.82, 2.24) is 4.98 Å². The normalized spacial score (nSPS) is 11.0. The Bertz CT molecular complexity index is 574. The van der Waals surface area contributed by atoms with Crippen LogP contribution in [0, 0.1) is 6.92 Å². The Kier molecular flexibility index (Phi) is 2.08. The van der Waals surface area contributed by atoms with Crippen LogP contribution >= 0.6 is 22.7 Å². The Morgan fingerprint density at radius 2 is 2.07 bits per heavy atom. The van der Waals surface area contributed by atoms with Crippen LogP contribution in [-0.4, -0.2) is 4.98 Å². The maximum Gasteiger partial charge on any atom is 0.133 e. The molecule has 0 atom stereocenters. The summed E-state index contributed by atoms with van der Waals surface area (Å²) in [6.07, 6.45) is 0. The molecule has 0 fully saturated rings. The summed E-state index contributed by atoms with van der Waals surface area (Å²) in [6.45, 7) is 2.04. The number of rotatable bonds is 1. The molecular weight excluding hydrogens is 222 g/mol. The minimum atomic E-state index is 1.10. The molecule has 0 saturated carbocycles. The van der Waals surface area contributed by atoms with E-state index in [-0.39, 0.29) is 0 Å². The van der Waals surface area contributed by atoms with E-state index in [4.69, 9.17) is 0 Å². The lowest BCUT2D eigenvalue weighted by atomic mass is 10.2. The molecule has 0 aliphatic heterocycles. The SMILES string of the molecule is Cc1csc(-c2cc3ccccc3s2)n1. The Morgan fingerprint density at radius 1 is 1.20 bits per heavy atom. The average molecular weight is 231 g/mol. The van der Waals surface area contributed by atoms with Crippen molar-refractivity contribution in [3.63, 3.8) is 0 Å². The molecular formula is C12H9NS2. The summed E-state index contributed by atoms with van der Waals surface area (Å²) in [6, 6.07) is 10.7. The van der Waals surface area contributed by atoms with Gasteiger partial charge in [-0.2, -0.15) is 0 Å². The minimum Gasteiger partial charge on any atom is -0.241 e. The molecule has 15 heavy (non-hydrogen) atoms. The first kappa shape index (κ1) is 9.07. The average Bonchev–Trinajstić information content (AvgIpc) is 2.82. The standard InChI is InChI=1S/C12H9NS2/c1-8-7-14-12(13-8)11-6-9-4-2-3-5-10(9)15-11/h2-7H,1H3. The molecule has 2 heterocycles. The van der Waals surface area contributed by atoms with Crippen molar-refractivity contribution in [2.75, 3.05) is 0 Å². The Morgan fingerprint density at radius 3 is 2.80 bits per heavy atom. The zero-order valence-electron chi connectivity index (χ0n) is 8.23. The summed E-state index contributed by atoms with van der Waals surface area (Å²) in [4.78, 5) is 5.78. The van der Waals surface area contributed by atoms with Gasteiger partial charge in [0.05, 0.1) is 4.88 Å². The molecule has 0 N–H and O–H groups in total. The lowest BCUT2D eigenvalue weighted by Crippen LogP contribution is -1.70. The van der Waals surface area contributed by atoms with Gasteiger partial charge in [0.2, 0.25) is 0 Å². The quantitative estimate of drug-likeness (QED) is 0.607. The number of fused-ring (bicyclic) bond motifs is 1. The number of aromatic nitrogens is 1. The van der Waals surface area contributed by atoms with E-state index >= 15 is 0 Å². The molecule has 0 aliphatic rings. The third kappa shape index (κ3) is 1.58. The van der Waals surface area contributed by atoms with E-state index in [0.29, 0.717) is 0 Å². The molecule has 1 aromatic carbocycles. The number of thiophene rings is 1. The van der Waals surface area contributed by atoms with Crippen molar-refractivity contribution in [2.24, 2.45) is 0 Å². The van der Waals surface area contributed by atoms with E-state index in [9.17, 15) is 0 Å². The molecule has 0 unspecified atom stereocenters. The van der Waals surface area contributed by atoms with Crippen LogP contribution in [0.2, 0.25) is 0 Å². The molecule has 3 rings (SSSR count). The van der Waals surface area contributed by atoms with Crippen LogP contribution < -0.4 is 0 Å². The molecule has 1 nitrogen and oxygen atoms in total. The third-order valence-electron chi connectivity index (χ3n) is 2.26. The largest absolute Gasteiger partial charge is 0.241 e. The number of thiazole rings is 1. The lowest BCUT2D eigenvalue weighted by molar-refractivity contribution is 1.27. The van der Waals surface area contributed by atoms with Gasteiger partial charge in [-0.1, -0.05) is 18.2 Å². The highest BCUT2D eigenvalue weighted by molar-refractivity contribution is 7.25. The topological polar surface area (TPSA) is 12.9 Å². The van der Waals surface area contributed by atoms with Crippen molar-refractivity contribution in [1.29, 1.82) is 0 Å². The van der Waals surface area contributed by atoms with Crippen LogP contribution in [0.4, 0.5) is 0 Å². The third-order valence-corrected chi connectivity index (χ3v) is 4.50. The number of aryl methyl sites for hydroxylation is 1. The lowest BCUT2D eigenvalue weighted by Gasteiger charge is -1.85. The highest BCUT2D eigenvalue weighted by atomic mass is 32.1. The zero-order chi connectivity index (χ0) is 10.3. The van der Waals surface area contributed by atoms with E-state index in [1.807, 2.05) is 18.3 Å². The monoisotopic (exact) mass is 231 g/mol. The molecule has 0 radical (unpaired) electrons. The predicted molar refractivity (Wildman–Crippen MR) is 67.7 cm³/mol. The smallest absolute Gasteiger partial charge is 0.133 e. The second-order valence-corrected chi connectivity index (χ2v) is 5.38. The van der Waals surface area contributed by atoms with Gasteiger partial charge in [-0.25, -0.2) is 4.98 Å². The Hall–Kier alpha value is -1.19. The summed E-state index contributed by atoms with van der Waals surface area (Å²) in [5.74, 6) is 0. The van der Waals surface area contributed by atoms with E-state index in [1.54, 1.807) is 11.3 Å². The Labute approximate surface area is 96.0 Å². The second kappa shape index (κ2) is 3.43. The van der Waals surface area contributed by atoms with Gasteiger partial charge in [0.15, 0.2) is 0 Å². The zero-order valence-corrected chi connectivity index (χ0v) is 9.86. The summed E-state index contributed by atoms with van der Waals surface area (Å²) < 4.78 is 1.33. The van der Waals surface area contributed by atoms with E-state index in [1.165, 1.54) is 15.0 Å². The number of nitrogens with zero attached hydrogens (tertiary/aromatic N) is 1. The van der Waals surface area contributed by atoms with Gasteiger partial charge in [0.25, 0.3) is 0 Å². The van der Waals surface area contributed by atoms with Gasteiger partial charge in [0.1, 0.15) is 5.01 Å². The van der Waals surface area contributed by atoms with Crippen LogP contribution in [0.3, 0.4) is 0 Å². The highest BCUT2D eigenvalue weighted by Crippen LogP contribution is 2.34. The Balaban J connectivity index is 2.19. The number of hydrogen-bond acceptors (Lipinski definition) is 3. The first-order valence-electron chi connectivity index (χ1n) is 4.74. The fraction of sp³-hybridized carbons (Fsp3) is 0.0833. The molecule has 0 aliphatic carbocycles. The van der Waals surface area contributed by atoms with Crippen molar-refractivity contribution in [2.45, 2.75) is 6.92 Å². The maximum absolute atomic E-state index is 4.51. The van der Waals surface area contributed by atoms with Crippen molar-refractivity contribution in [3.05, 3.63) is 41.4 Å². The fourth-order valence-corrected chi connectivity index (χ4v) is 3.48. The van der Waals surface area contributed by atoms with Gasteiger partial charge in [-0.05, 0) is 24.4 Å². The van der Waals surface area contributed by atoms with Gasteiger partial charge in [-0.3, -0.25) is 0 Å². The molecule has 3 aromatic rings. The predicted octanol–water partition coefficient (Wildman–Crippen LogP) is 4.33. The van der Waals surface area contributed by atoms with Crippen LogP contribution in [0.5, 0.6) is 0 Å². The molecule has 0 saturated heterocycles. The minimum absolute atomic E-state index is 1.10. The van der Waals surface area contributed by atoms with Gasteiger partial charge in [0, 0.05) is 15.8 Å². The number of benzene rings is 1. The highest BCUT2D eigenvalue weighted by Gasteiger charge is 2.06. The molecule has 3 heteroatoms. The van der Waals surface area contributed by atoms with Gasteiger partial charge in [-0.15, -0.1) is 22.7 Å². The second-order valence-electron chi connectivity index (χ2n) is 3.44. The molecule has 2 aromatic heterocycles. The van der Waals surface area contributed by atoms with Crippen molar-refractivity contribution in [3.8, 4) is 9.88 Å². The summed E-state index contributed by atoms with van der Waals surface area (Å²) in [7, 11) is 0. The molecule has 0 amide bonds. The van der Waals surface area contributed by atoms with Gasteiger partial charge < -0.3 is 0 Å². The number of hydrogen-bond donors (Lipinski definition) is 0. The first-order chi connectivity index (χ1) is 7.33. The molecule has 0 bridgehead atoms. The first-order valence-corrected chi connectivity index (χ1v) is 6.43. The molecule has 74 valence electrons. The van der Waals surface area contributed by atoms with Crippen molar-refractivity contribution >= 4 is 32.8 Å². The van der Waals surface area contributed by atoms with Crippen LogP contribution in [0.15, 0.2) is 35.7 Å². The van der Waals surface area contributed by atoms with Crippen LogP contribution in [0.25, 0.3) is 20.0 Å². The van der Waals surface area contributed by atoms with Crippen LogP contribution in [0.1, 0.15) is 5.69 Å². The van der Waals surface area contributed by atoms with E-state index < -0.39 is 0 Å². The van der Waals surface area contributed by atoms with Crippen molar-refractivity contribution < 1.29 is 0 Å². The molecule has 0 spiro atoms. The van der Waals surface area contributed by atoms with Crippen LogP contribution in [-0.2, 0) is 0 Å². The maximum atomic E-state index is 4.51.